The van der Waals surface area contributed by atoms with Gasteiger partial charge in [-0.1, -0.05) is 26.2 Å². The molecule has 0 heterocycles. The molecule has 1 unspecified atom stereocenters. The van der Waals surface area contributed by atoms with Gasteiger partial charge in [-0.05, 0) is 24.1 Å². The first-order chi connectivity index (χ1) is 9.73. The minimum absolute atomic E-state index is 0.0854. The summed E-state index contributed by atoms with van der Waals surface area (Å²) < 4.78 is 38.5. The molecule has 5 nitrogen and oxygen atoms in total. The lowest BCUT2D eigenvalue weighted by molar-refractivity contribution is 0.167. The third kappa shape index (κ3) is 3.73. The van der Waals surface area contributed by atoms with Gasteiger partial charge in [0.05, 0.1) is 10.5 Å². The predicted molar refractivity (Wildman–Crippen MR) is 75.7 cm³/mol. The van der Waals surface area contributed by atoms with Gasteiger partial charge in [0, 0.05) is 6.54 Å². The Morgan fingerprint density at radius 2 is 2.14 bits per heavy atom. The summed E-state index contributed by atoms with van der Waals surface area (Å²) in [5, 5.41) is 9.11. The monoisotopic (exact) mass is 313 g/mol. The number of halogens is 1. The fourth-order valence-electron chi connectivity index (χ4n) is 1.59. The first kappa shape index (κ1) is 17.0. The second-order valence-electron chi connectivity index (χ2n) is 4.62. The van der Waals surface area contributed by atoms with Crippen LogP contribution < -0.4 is 0 Å². The smallest absolute Gasteiger partial charge is 0.421 e. The van der Waals surface area contributed by atoms with E-state index in [1.165, 1.54) is 0 Å². The summed E-state index contributed by atoms with van der Waals surface area (Å²) >= 11 is 0. The Morgan fingerprint density at radius 3 is 2.57 bits per heavy atom. The average molecular weight is 313 g/mol. The first-order valence-electron chi connectivity index (χ1n) is 6.25. The highest BCUT2D eigenvalue weighted by molar-refractivity contribution is 7.89. The van der Waals surface area contributed by atoms with E-state index in [1.54, 1.807) is 6.92 Å². The quantitative estimate of drug-likeness (QED) is 0.848. The lowest BCUT2D eigenvalue weighted by Gasteiger charge is -2.22. The number of benzene rings is 1. The summed E-state index contributed by atoms with van der Waals surface area (Å²) in [5.41, 5.74) is -0.0854. The summed E-state index contributed by atoms with van der Waals surface area (Å²) in [6.07, 6.45) is 4.07. The van der Waals surface area contributed by atoms with Crippen LogP contribution in [0.15, 0.2) is 23.1 Å². The van der Waals surface area contributed by atoms with Gasteiger partial charge in [0.25, 0.3) is 10.0 Å². The number of hydrogen-bond donors (Lipinski definition) is 1. The molecule has 0 aliphatic carbocycles. The number of carbonyl (C=O) groups is 1. The van der Waals surface area contributed by atoms with Crippen LogP contribution in [-0.2, 0) is 10.0 Å². The summed E-state index contributed by atoms with van der Waals surface area (Å²) in [7, 11) is -4.33. The van der Waals surface area contributed by atoms with Gasteiger partial charge >= 0.3 is 6.09 Å². The molecule has 1 aromatic carbocycles. The molecule has 0 bridgehead atoms. The van der Waals surface area contributed by atoms with Crippen LogP contribution in [0.25, 0.3) is 0 Å². The topological polar surface area (TPSA) is 74.7 Å². The molecule has 0 spiro atoms. The Bertz CT molecular complexity index is 679. The van der Waals surface area contributed by atoms with E-state index < -0.39 is 26.8 Å². The fraction of sp³-hybridized carbons (Fsp3) is 0.357. The summed E-state index contributed by atoms with van der Waals surface area (Å²) in [4.78, 5) is 10.8. The maximum absolute atomic E-state index is 13.6. The maximum Gasteiger partial charge on any atom is 0.421 e. The SMILES string of the molecule is C#Cc1ccc(S(=O)(=O)N(CC(C)CC)C(=O)O)cc1F. The highest BCUT2D eigenvalue weighted by Crippen LogP contribution is 2.20. The number of sulfonamides is 1. The molecule has 0 saturated carbocycles. The number of nitrogens with zero attached hydrogens (tertiary/aromatic N) is 1. The van der Waals surface area contributed by atoms with Crippen molar-refractivity contribution >= 4 is 16.1 Å². The molecule has 0 aliphatic heterocycles. The van der Waals surface area contributed by atoms with E-state index in [0.717, 1.165) is 18.2 Å². The van der Waals surface area contributed by atoms with Gasteiger partial charge in [-0.3, -0.25) is 0 Å². The average Bonchev–Trinajstić information content (AvgIpc) is 2.43. The molecule has 0 aliphatic rings. The van der Waals surface area contributed by atoms with Crippen LogP contribution in [0.1, 0.15) is 25.8 Å². The summed E-state index contributed by atoms with van der Waals surface area (Å²) in [6, 6.07) is 2.96. The summed E-state index contributed by atoms with van der Waals surface area (Å²) in [5.74, 6) is 1.04. The van der Waals surface area contributed by atoms with Crippen molar-refractivity contribution in [1.29, 1.82) is 0 Å². The van der Waals surface area contributed by atoms with Gasteiger partial charge < -0.3 is 5.11 Å². The number of rotatable bonds is 5. The van der Waals surface area contributed by atoms with E-state index >= 15 is 0 Å². The van der Waals surface area contributed by atoms with E-state index in [0.29, 0.717) is 10.7 Å². The Hall–Kier alpha value is -2.07. The third-order valence-corrected chi connectivity index (χ3v) is 4.81. The fourth-order valence-corrected chi connectivity index (χ4v) is 3.00. The maximum atomic E-state index is 13.6. The molecule has 7 heteroatoms. The second-order valence-corrected chi connectivity index (χ2v) is 6.48. The van der Waals surface area contributed by atoms with E-state index in [9.17, 15) is 17.6 Å². The Labute approximate surface area is 123 Å². The van der Waals surface area contributed by atoms with E-state index in [-0.39, 0.29) is 18.0 Å². The zero-order chi connectivity index (χ0) is 16.2. The van der Waals surface area contributed by atoms with E-state index in [1.807, 2.05) is 6.92 Å². The molecule has 0 radical (unpaired) electrons. The molecule has 1 N–H and O–H groups in total. The van der Waals surface area contributed by atoms with Crippen LogP contribution in [0, 0.1) is 24.1 Å². The highest BCUT2D eigenvalue weighted by atomic mass is 32.2. The highest BCUT2D eigenvalue weighted by Gasteiger charge is 2.30. The largest absolute Gasteiger partial charge is 0.464 e. The third-order valence-electron chi connectivity index (χ3n) is 3.07. The van der Waals surface area contributed by atoms with Gasteiger partial charge in [-0.2, -0.15) is 0 Å². The minimum Gasteiger partial charge on any atom is -0.464 e. The van der Waals surface area contributed by atoms with Crippen molar-refractivity contribution in [3.05, 3.63) is 29.6 Å². The van der Waals surface area contributed by atoms with Gasteiger partial charge in [0.15, 0.2) is 0 Å². The zero-order valence-corrected chi connectivity index (χ0v) is 12.5. The number of amides is 1. The molecule has 0 fully saturated rings. The van der Waals surface area contributed by atoms with Gasteiger partial charge in [-0.15, -0.1) is 6.42 Å². The Morgan fingerprint density at radius 1 is 1.52 bits per heavy atom. The van der Waals surface area contributed by atoms with Crippen LogP contribution in [0.4, 0.5) is 9.18 Å². The molecule has 1 atom stereocenters. The molecule has 1 amide bonds. The molecular formula is C14H16FNO4S. The molecule has 21 heavy (non-hydrogen) atoms. The van der Waals surface area contributed by atoms with E-state index in [2.05, 4.69) is 5.92 Å². The van der Waals surface area contributed by atoms with Crippen LogP contribution in [0.3, 0.4) is 0 Å². The lowest BCUT2D eigenvalue weighted by atomic mass is 10.1. The minimum atomic E-state index is -4.33. The van der Waals surface area contributed by atoms with Crippen LogP contribution >= 0.6 is 0 Å². The zero-order valence-electron chi connectivity index (χ0n) is 11.7. The van der Waals surface area contributed by atoms with Gasteiger partial charge in [0.1, 0.15) is 5.82 Å². The van der Waals surface area contributed by atoms with E-state index in [4.69, 9.17) is 11.5 Å². The second kappa shape index (κ2) is 6.59. The standard InChI is InChI=1S/C14H16FNO4S/c1-4-10(3)9-16(14(17)18)21(19,20)12-7-6-11(5-2)13(15)8-12/h2,6-8,10H,4,9H2,1,3H3,(H,17,18). The number of hydrogen-bond acceptors (Lipinski definition) is 3. The number of terminal acetylenes is 1. The molecular weight excluding hydrogens is 297 g/mol. The Balaban J connectivity index is 3.27. The van der Waals surface area contributed by atoms with Crippen molar-refractivity contribution in [3.63, 3.8) is 0 Å². The molecule has 0 saturated heterocycles. The van der Waals surface area contributed by atoms with Gasteiger partial charge in [0.2, 0.25) is 0 Å². The van der Waals surface area contributed by atoms with Crippen molar-refractivity contribution in [3.8, 4) is 12.3 Å². The molecule has 1 rings (SSSR count). The van der Waals surface area contributed by atoms with Crippen molar-refractivity contribution in [1.82, 2.24) is 4.31 Å². The predicted octanol–water partition coefficient (Wildman–Crippen LogP) is 2.52. The molecule has 0 aromatic heterocycles. The van der Waals surface area contributed by atoms with Crippen molar-refractivity contribution in [2.24, 2.45) is 5.92 Å². The van der Waals surface area contributed by atoms with Gasteiger partial charge in [-0.25, -0.2) is 21.9 Å². The van der Waals surface area contributed by atoms with Crippen LogP contribution in [0.5, 0.6) is 0 Å². The van der Waals surface area contributed by atoms with Crippen LogP contribution in [0.2, 0.25) is 0 Å². The van der Waals surface area contributed by atoms with Crippen molar-refractivity contribution < 1.29 is 22.7 Å². The first-order valence-corrected chi connectivity index (χ1v) is 7.69. The Kier molecular flexibility index (Phi) is 5.33. The number of carboxylic acid groups (broad SMARTS) is 1. The molecule has 114 valence electrons. The molecule has 1 aromatic rings. The van der Waals surface area contributed by atoms with Crippen molar-refractivity contribution in [2.75, 3.05) is 6.54 Å². The van der Waals surface area contributed by atoms with Crippen LogP contribution in [-0.4, -0.2) is 30.5 Å². The summed E-state index contributed by atoms with van der Waals surface area (Å²) in [6.45, 7) is 3.36. The lowest BCUT2D eigenvalue weighted by Crippen LogP contribution is -2.38. The normalized spacial score (nSPS) is 12.5. The van der Waals surface area contributed by atoms with Crippen molar-refractivity contribution in [2.45, 2.75) is 25.2 Å².